The van der Waals surface area contributed by atoms with Crippen molar-refractivity contribution in [3.8, 4) is 0 Å². The van der Waals surface area contributed by atoms with E-state index in [1.165, 1.54) is 0 Å². The fourth-order valence-corrected chi connectivity index (χ4v) is 2.67. The van der Waals surface area contributed by atoms with E-state index in [-0.39, 0.29) is 5.82 Å². The second-order valence-electron chi connectivity index (χ2n) is 4.19. The highest BCUT2D eigenvalue weighted by Crippen LogP contribution is 2.29. The van der Waals surface area contributed by atoms with Gasteiger partial charge in [0, 0.05) is 12.6 Å². The quantitative estimate of drug-likeness (QED) is 0.927. The Labute approximate surface area is 118 Å². The summed E-state index contributed by atoms with van der Waals surface area (Å²) in [4.78, 5) is 7.31. The van der Waals surface area contributed by atoms with Gasteiger partial charge in [0.1, 0.15) is 17.4 Å². The largest absolute Gasteiger partial charge is 0.417 e. The average Bonchev–Trinajstić information content (AvgIpc) is 2.85. The Kier molecular flexibility index (Phi) is 3.99. The number of alkyl halides is 3. The molecule has 10 heteroatoms. The number of sulfone groups is 1. The first kappa shape index (κ1) is 15.4. The first-order chi connectivity index (χ1) is 9.72. The Balaban J connectivity index is 2.23. The topological polar surface area (TPSA) is 88.6 Å². The van der Waals surface area contributed by atoms with Crippen LogP contribution >= 0.6 is 0 Å². The Morgan fingerprint density at radius 1 is 1.29 bits per heavy atom. The number of aromatic amines is 1. The number of hydrogen-bond acceptors (Lipinski definition) is 5. The van der Waals surface area contributed by atoms with Crippen molar-refractivity contribution >= 4 is 9.84 Å². The Hall–Kier alpha value is -1.97. The zero-order valence-corrected chi connectivity index (χ0v) is 11.7. The number of hydrogen-bond donors (Lipinski definition) is 1. The molecule has 6 nitrogen and oxygen atoms in total. The van der Waals surface area contributed by atoms with Crippen LogP contribution < -0.4 is 0 Å². The minimum absolute atomic E-state index is 0.119. The number of aryl methyl sites for hydroxylation is 1. The molecule has 2 aromatic heterocycles. The molecule has 0 aliphatic carbocycles. The highest BCUT2D eigenvalue weighted by molar-refractivity contribution is 7.90. The molecule has 0 atom stereocenters. The van der Waals surface area contributed by atoms with E-state index in [0.717, 1.165) is 6.07 Å². The van der Waals surface area contributed by atoms with E-state index in [4.69, 9.17) is 0 Å². The van der Waals surface area contributed by atoms with Crippen LogP contribution in [-0.2, 0) is 28.2 Å². The van der Waals surface area contributed by atoms with Gasteiger partial charge in [0.25, 0.3) is 0 Å². The van der Waals surface area contributed by atoms with Crippen LogP contribution in [0.2, 0.25) is 0 Å². The third-order valence-corrected chi connectivity index (χ3v) is 4.14. The molecule has 0 aliphatic heterocycles. The molecular formula is C11H11F3N4O2S. The minimum Gasteiger partial charge on any atom is -0.262 e. The SMILES string of the molecule is CCc1n[nH]c(CS(=O)(=O)c2ccc(C(F)(F)F)cn2)n1. The molecule has 21 heavy (non-hydrogen) atoms. The summed E-state index contributed by atoms with van der Waals surface area (Å²) in [6.45, 7) is 1.80. The Morgan fingerprint density at radius 2 is 2.00 bits per heavy atom. The summed E-state index contributed by atoms with van der Waals surface area (Å²) in [5.74, 6) is 0.0763. The maximum atomic E-state index is 12.4. The van der Waals surface area contributed by atoms with Crippen LogP contribution in [0.4, 0.5) is 13.2 Å². The molecule has 0 aliphatic rings. The lowest BCUT2D eigenvalue weighted by Crippen LogP contribution is -2.11. The van der Waals surface area contributed by atoms with Gasteiger partial charge in [0.15, 0.2) is 5.03 Å². The lowest BCUT2D eigenvalue weighted by molar-refractivity contribution is -0.137. The number of nitrogens with zero attached hydrogens (tertiary/aromatic N) is 3. The number of nitrogens with one attached hydrogen (secondary N) is 1. The predicted octanol–water partition coefficient (Wildman–Crippen LogP) is 1.75. The fraction of sp³-hybridized carbons (Fsp3) is 0.364. The van der Waals surface area contributed by atoms with Gasteiger partial charge in [0.05, 0.1) is 5.56 Å². The van der Waals surface area contributed by atoms with E-state index >= 15 is 0 Å². The number of pyridine rings is 1. The van der Waals surface area contributed by atoms with Crippen molar-refractivity contribution < 1.29 is 21.6 Å². The van der Waals surface area contributed by atoms with Gasteiger partial charge in [-0.25, -0.2) is 18.4 Å². The number of rotatable bonds is 4. The van der Waals surface area contributed by atoms with Gasteiger partial charge in [-0.3, -0.25) is 5.10 Å². The summed E-state index contributed by atoms with van der Waals surface area (Å²) in [7, 11) is -3.88. The average molecular weight is 320 g/mol. The summed E-state index contributed by atoms with van der Waals surface area (Å²) in [6, 6.07) is 1.51. The smallest absolute Gasteiger partial charge is 0.262 e. The second-order valence-corrected chi connectivity index (χ2v) is 6.13. The van der Waals surface area contributed by atoms with Crippen molar-refractivity contribution in [2.75, 3.05) is 0 Å². The van der Waals surface area contributed by atoms with Gasteiger partial charge in [-0.05, 0) is 12.1 Å². The Bertz CT molecular complexity index is 723. The Morgan fingerprint density at radius 3 is 2.48 bits per heavy atom. The van der Waals surface area contributed by atoms with Gasteiger partial charge >= 0.3 is 6.18 Å². The van der Waals surface area contributed by atoms with E-state index in [2.05, 4.69) is 20.2 Å². The molecule has 0 radical (unpaired) electrons. The summed E-state index contributed by atoms with van der Waals surface area (Å²) >= 11 is 0. The molecule has 0 spiro atoms. The van der Waals surface area contributed by atoms with Crippen molar-refractivity contribution in [1.29, 1.82) is 0 Å². The van der Waals surface area contributed by atoms with Crippen LogP contribution in [0.15, 0.2) is 23.4 Å². The molecule has 0 saturated carbocycles. The third kappa shape index (κ3) is 3.57. The van der Waals surface area contributed by atoms with Crippen molar-refractivity contribution in [3.63, 3.8) is 0 Å². The number of aromatic nitrogens is 4. The number of H-pyrrole nitrogens is 1. The first-order valence-electron chi connectivity index (χ1n) is 5.88. The summed E-state index contributed by atoms with van der Waals surface area (Å²) in [5.41, 5.74) is -1.01. The molecule has 0 saturated heterocycles. The van der Waals surface area contributed by atoms with Crippen LogP contribution in [-0.4, -0.2) is 28.6 Å². The maximum Gasteiger partial charge on any atom is 0.417 e. The van der Waals surface area contributed by atoms with E-state index in [1.54, 1.807) is 6.92 Å². The second kappa shape index (κ2) is 5.43. The highest BCUT2D eigenvalue weighted by atomic mass is 32.2. The van der Waals surface area contributed by atoms with Crippen molar-refractivity contribution in [1.82, 2.24) is 20.2 Å². The molecule has 0 bridgehead atoms. The summed E-state index contributed by atoms with van der Waals surface area (Å²) in [6.07, 6.45) is -3.53. The van der Waals surface area contributed by atoms with Gasteiger partial charge in [0.2, 0.25) is 9.84 Å². The van der Waals surface area contributed by atoms with Crippen LogP contribution in [0.25, 0.3) is 0 Å². The summed E-state index contributed by atoms with van der Waals surface area (Å²) < 4.78 is 61.2. The van der Waals surface area contributed by atoms with E-state index in [9.17, 15) is 21.6 Å². The molecular weight excluding hydrogens is 309 g/mol. The zero-order valence-electron chi connectivity index (χ0n) is 10.8. The van der Waals surface area contributed by atoms with Gasteiger partial charge in [-0.2, -0.15) is 18.3 Å². The van der Waals surface area contributed by atoms with Crippen LogP contribution in [0, 0.1) is 0 Å². The van der Waals surface area contributed by atoms with Gasteiger partial charge < -0.3 is 0 Å². The molecule has 0 unspecified atom stereocenters. The van der Waals surface area contributed by atoms with Crippen molar-refractivity contribution in [2.45, 2.75) is 30.3 Å². The first-order valence-corrected chi connectivity index (χ1v) is 7.54. The molecule has 0 amide bonds. The molecule has 1 N–H and O–H groups in total. The van der Waals surface area contributed by atoms with Gasteiger partial charge in [-0.1, -0.05) is 6.92 Å². The van der Waals surface area contributed by atoms with E-state index in [0.29, 0.717) is 24.5 Å². The minimum atomic E-state index is -4.56. The molecule has 114 valence electrons. The molecule has 2 rings (SSSR count). The molecule has 2 aromatic rings. The maximum absolute atomic E-state index is 12.4. The lowest BCUT2D eigenvalue weighted by atomic mass is 10.3. The van der Waals surface area contributed by atoms with E-state index in [1.807, 2.05) is 0 Å². The molecule has 2 heterocycles. The summed E-state index contributed by atoms with van der Waals surface area (Å²) in [5, 5.41) is 5.82. The fourth-order valence-electron chi connectivity index (χ4n) is 1.54. The third-order valence-electron chi connectivity index (χ3n) is 2.60. The number of halogens is 3. The standard InChI is InChI=1S/C11H11F3N4O2S/c1-2-8-16-9(18-17-8)6-21(19,20)10-4-3-7(5-15-10)11(12,13)14/h3-5H,2,6H2,1H3,(H,16,17,18). The normalized spacial score (nSPS) is 12.6. The molecule has 0 fully saturated rings. The predicted molar refractivity (Wildman–Crippen MR) is 65.9 cm³/mol. The molecule has 0 aromatic carbocycles. The monoisotopic (exact) mass is 320 g/mol. The lowest BCUT2D eigenvalue weighted by Gasteiger charge is -2.06. The van der Waals surface area contributed by atoms with Crippen LogP contribution in [0.1, 0.15) is 24.1 Å². The van der Waals surface area contributed by atoms with Gasteiger partial charge in [-0.15, -0.1) is 0 Å². The van der Waals surface area contributed by atoms with E-state index < -0.39 is 32.4 Å². The van der Waals surface area contributed by atoms with Crippen LogP contribution in [0.3, 0.4) is 0 Å². The highest BCUT2D eigenvalue weighted by Gasteiger charge is 2.31. The van der Waals surface area contributed by atoms with Crippen molar-refractivity contribution in [2.24, 2.45) is 0 Å². The zero-order chi connectivity index (χ0) is 15.7. The van der Waals surface area contributed by atoms with Crippen molar-refractivity contribution in [3.05, 3.63) is 35.5 Å². The van der Waals surface area contributed by atoms with Crippen LogP contribution in [0.5, 0.6) is 0 Å².